The second-order valence-corrected chi connectivity index (χ2v) is 4.77. The van der Waals surface area contributed by atoms with Gasteiger partial charge in [0.2, 0.25) is 5.91 Å². The van der Waals surface area contributed by atoms with Crippen molar-refractivity contribution in [2.45, 2.75) is 25.4 Å². The SMILES string of the molecule is Nc1cc(-c2ccco2)nn(CC(=O)NC2CC2)c1=O. The lowest BCUT2D eigenvalue weighted by Crippen LogP contribution is -2.35. The van der Waals surface area contributed by atoms with E-state index in [4.69, 9.17) is 10.2 Å². The number of nitrogen functional groups attached to an aromatic ring is 1. The zero-order valence-corrected chi connectivity index (χ0v) is 10.7. The summed E-state index contributed by atoms with van der Waals surface area (Å²) in [6.07, 6.45) is 3.48. The molecule has 2 aromatic heterocycles. The first-order chi connectivity index (χ1) is 9.63. The molecule has 2 aromatic rings. The number of hydrogen-bond acceptors (Lipinski definition) is 5. The highest BCUT2D eigenvalue weighted by atomic mass is 16.3. The first-order valence-electron chi connectivity index (χ1n) is 6.34. The molecule has 0 bridgehead atoms. The van der Waals surface area contributed by atoms with E-state index in [1.54, 1.807) is 12.1 Å². The maximum absolute atomic E-state index is 11.9. The number of furan rings is 1. The molecular weight excluding hydrogens is 260 g/mol. The van der Waals surface area contributed by atoms with E-state index < -0.39 is 5.56 Å². The van der Waals surface area contributed by atoms with Crippen molar-refractivity contribution in [1.29, 1.82) is 0 Å². The van der Waals surface area contributed by atoms with Crippen LogP contribution in [0.4, 0.5) is 5.69 Å². The lowest BCUT2D eigenvalue weighted by Gasteiger charge is -2.08. The highest BCUT2D eigenvalue weighted by molar-refractivity contribution is 5.76. The van der Waals surface area contributed by atoms with Crippen LogP contribution in [0.25, 0.3) is 11.5 Å². The van der Waals surface area contributed by atoms with Crippen molar-refractivity contribution in [3.05, 3.63) is 34.8 Å². The molecule has 20 heavy (non-hydrogen) atoms. The van der Waals surface area contributed by atoms with Crippen LogP contribution in [0.1, 0.15) is 12.8 Å². The number of carbonyl (C=O) groups excluding carboxylic acids is 1. The van der Waals surface area contributed by atoms with Gasteiger partial charge in [0.05, 0.1) is 6.26 Å². The molecule has 0 aliphatic heterocycles. The fraction of sp³-hybridized carbons (Fsp3) is 0.308. The van der Waals surface area contributed by atoms with E-state index in [9.17, 15) is 9.59 Å². The Balaban J connectivity index is 1.88. The Labute approximate surface area is 114 Å². The third-order valence-corrected chi connectivity index (χ3v) is 3.01. The third kappa shape index (κ3) is 2.56. The van der Waals surface area contributed by atoms with E-state index in [0.717, 1.165) is 17.5 Å². The minimum Gasteiger partial charge on any atom is -0.463 e. The summed E-state index contributed by atoms with van der Waals surface area (Å²) in [6.45, 7) is -0.145. The van der Waals surface area contributed by atoms with Crippen LogP contribution in [-0.2, 0) is 11.3 Å². The van der Waals surface area contributed by atoms with Gasteiger partial charge in [0.25, 0.3) is 5.56 Å². The molecule has 3 rings (SSSR count). The summed E-state index contributed by atoms with van der Waals surface area (Å²) in [4.78, 5) is 23.6. The lowest BCUT2D eigenvalue weighted by molar-refractivity contribution is -0.122. The molecule has 0 aromatic carbocycles. The van der Waals surface area contributed by atoms with E-state index in [2.05, 4.69) is 10.4 Å². The number of aromatic nitrogens is 2. The molecule has 1 aliphatic rings. The smallest absolute Gasteiger partial charge is 0.290 e. The van der Waals surface area contributed by atoms with Gasteiger partial charge in [0.15, 0.2) is 5.76 Å². The monoisotopic (exact) mass is 274 g/mol. The third-order valence-electron chi connectivity index (χ3n) is 3.01. The molecule has 7 heteroatoms. The van der Waals surface area contributed by atoms with Crippen LogP contribution in [0, 0.1) is 0 Å². The molecule has 1 fully saturated rings. The zero-order valence-electron chi connectivity index (χ0n) is 10.7. The van der Waals surface area contributed by atoms with E-state index >= 15 is 0 Å². The summed E-state index contributed by atoms with van der Waals surface area (Å²) in [5, 5.41) is 6.91. The first-order valence-corrected chi connectivity index (χ1v) is 6.34. The van der Waals surface area contributed by atoms with Crippen LogP contribution in [0.5, 0.6) is 0 Å². The Bertz CT molecular complexity index is 686. The molecule has 0 spiro atoms. The molecule has 0 atom stereocenters. The van der Waals surface area contributed by atoms with Crippen molar-refractivity contribution in [2.75, 3.05) is 5.73 Å². The van der Waals surface area contributed by atoms with Gasteiger partial charge < -0.3 is 15.5 Å². The maximum atomic E-state index is 11.9. The molecule has 0 radical (unpaired) electrons. The van der Waals surface area contributed by atoms with Crippen molar-refractivity contribution in [3.8, 4) is 11.5 Å². The van der Waals surface area contributed by atoms with Crippen LogP contribution in [0.3, 0.4) is 0 Å². The maximum Gasteiger partial charge on any atom is 0.290 e. The molecule has 7 nitrogen and oxygen atoms in total. The lowest BCUT2D eigenvalue weighted by atomic mass is 10.3. The molecule has 2 heterocycles. The number of hydrogen-bond donors (Lipinski definition) is 2. The van der Waals surface area contributed by atoms with Crippen molar-refractivity contribution >= 4 is 11.6 Å². The Morgan fingerprint density at radius 2 is 2.35 bits per heavy atom. The van der Waals surface area contributed by atoms with Crippen LogP contribution >= 0.6 is 0 Å². The quantitative estimate of drug-likeness (QED) is 0.838. The predicted molar refractivity (Wildman–Crippen MR) is 71.8 cm³/mol. The van der Waals surface area contributed by atoms with Gasteiger partial charge in [-0.3, -0.25) is 9.59 Å². The molecule has 1 saturated carbocycles. The van der Waals surface area contributed by atoms with Crippen molar-refractivity contribution < 1.29 is 9.21 Å². The van der Waals surface area contributed by atoms with Crippen LogP contribution in [-0.4, -0.2) is 21.7 Å². The molecule has 0 saturated heterocycles. The number of anilines is 1. The average molecular weight is 274 g/mol. The van der Waals surface area contributed by atoms with Gasteiger partial charge in [-0.2, -0.15) is 5.10 Å². The Morgan fingerprint density at radius 3 is 3.00 bits per heavy atom. The number of nitrogens with zero attached hydrogens (tertiary/aromatic N) is 2. The van der Waals surface area contributed by atoms with Crippen LogP contribution < -0.4 is 16.6 Å². The van der Waals surface area contributed by atoms with E-state index in [-0.39, 0.29) is 24.2 Å². The first kappa shape index (κ1) is 12.5. The molecule has 0 unspecified atom stereocenters. The zero-order chi connectivity index (χ0) is 14.1. The average Bonchev–Trinajstić information content (AvgIpc) is 3.05. The summed E-state index contributed by atoms with van der Waals surface area (Å²) in [5.41, 5.74) is 5.65. The van der Waals surface area contributed by atoms with E-state index in [0.29, 0.717) is 11.5 Å². The number of nitrogens with one attached hydrogen (secondary N) is 1. The van der Waals surface area contributed by atoms with Gasteiger partial charge >= 0.3 is 0 Å². The van der Waals surface area contributed by atoms with Crippen molar-refractivity contribution in [2.24, 2.45) is 0 Å². The highest BCUT2D eigenvalue weighted by Crippen LogP contribution is 2.19. The molecule has 1 aliphatic carbocycles. The predicted octanol–water partition coefficient (Wildman–Crippen LogP) is 0.364. The number of carbonyl (C=O) groups is 1. The van der Waals surface area contributed by atoms with Gasteiger partial charge in [-0.05, 0) is 31.0 Å². The molecule has 104 valence electrons. The van der Waals surface area contributed by atoms with Crippen LogP contribution in [0.2, 0.25) is 0 Å². The van der Waals surface area contributed by atoms with Gasteiger partial charge in [-0.1, -0.05) is 0 Å². The fourth-order valence-electron chi connectivity index (χ4n) is 1.85. The van der Waals surface area contributed by atoms with E-state index in [1.807, 2.05) is 0 Å². The van der Waals surface area contributed by atoms with Crippen molar-refractivity contribution in [1.82, 2.24) is 15.1 Å². The second kappa shape index (κ2) is 4.84. The number of rotatable bonds is 4. The summed E-state index contributed by atoms with van der Waals surface area (Å²) in [5.74, 6) is 0.256. The van der Waals surface area contributed by atoms with Gasteiger partial charge in [0, 0.05) is 6.04 Å². The standard InChI is InChI=1S/C13H14N4O3/c14-9-6-10(11-2-1-5-20-11)16-17(13(9)19)7-12(18)15-8-3-4-8/h1-2,5-6,8H,3-4,7,14H2,(H,15,18). The van der Waals surface area contributed by atoms with Crippen LogP contribution in [0.15, 0.2) is 33.7 Å². The van der Waals surface area contributed by atoms with E-state index in [1.165, 1.54) is 12.3 Å². The second-order valence-electron chi connectivity index (χ2n) is 4.77. The fourth-order valence-corrected chi connectivity index (χ4v) is 1.85. The summed E-state index contributed by atoms with van der Waals surface area (Å²) in [6, 6.07) is 5.10. The molecular formula is C13H14N4O3. The van der Waals surface area contributed by atoms with Gasteiger partial charge in [0.1, 0.15) is 17.9 Å². The van der Waals surface area contributed by atoms with Crippen molar-refractivity contribution in [3.63, 3.8) is 0 Å². The molecule has 3 N–H and O–H groups in total. The Hall–Kier alpha value is -2.57. The topological polar surface area (TPSA) is 103 Å². The molecule has 1 amide bonds. The summed E-state index contributed by atoms with van der Waals surface area (Å²) < 4.78 is 6.28. The largest absolute Gasteiger partial charge is 0.463 e. The minimum atomic E-state index is -0.480. The summed E-state index contributed by atoms with van der Waals surface area (Å²) >= 11 is 0. The van der Waals surface area contributed by atoms with Gasteiger partial charge in [-0.25, -0.2) is 4.68 Å². The normalized spacial score (nSPS) is 14.2. The minimum absolute atomic E-state index is 0.0330. The summed E-state index contributed by atoms with van der Waals surface area (Å²) in [7, 11) is 0. The number of nitrogens with two attached hydrogens (primary N) is 1. The Morgan fingerprint density at radius 1 is 1.55 bits per heavy atom. The van der Waals surface area contributed by atoms with Gasteiger partial charge in [-0.15, -0.1) is 0 Å². The Kier molecular flexibility index (Phi) is 3.02. The number of amides is 1. The highest BCUT2D eigenvalue weighted by Gasteiger charge is 2.23.